The van der Waals surface area contributed by atoms with E-state index >= 15 is 0 Å². The number of halogens is 3. The molecule has 18 heavy (non-hydrogen) atoms. The van der Waals surface area contributed by atoms with Crippen LogP contribution in [0.5, 0.6) is 11.5 Å². The molecule has 0 radical (unpaired) electrons. The van der Waals surface area contributed by atoms with Gasteiger partial charge in [0, 0.05) is 10.5 Å². The first-order valence-electron chi connectivity index (χ1n) is 5.16. The van der Waals surface area contributed by atoms with Gasteiger partial charge in [-0.2, -0.15) is 0 Å². The highest BCUT2D eigenvalue weighted by atomic mass is 79.9. The Morgan fingerprint density at radius 3 is 2.56 bits per heavy atom. The molecule has 0 amide bonds. The van der Waals surface area contributed by atoms with Crippen LogP contribution in [0.25, 0.3) is 0 Å². The highest BCUT2D eigenvalue weighted by Crippen LogP contribution is 2.38. The predicted octanol–water partition coefficient (Wildman–Crippen LogP) is 5.44. The van der Waals surface area contributed by atoms with Crippen molar-refractivity contribution in [3.63, 3.8) is 0 Å². The van der Waals surface area contributed by atoms with Gasteiger partial charge in [-0.3, -0.25) is 0 Å². The molecule has 0 aliphatic carbocycles. The van der Waals surface area contributed by atoms with E-state index in [0.29, 0.717) is 27.2 Å². The largest absolute Gasteiger partial charge is 0.454 e. The normalized spacial score (nSPS) is 10.4. The maximum absolute atomic E-state index is 6.09. The predicted molar refractivity (Wildman–Crippen MR) is 79.8 cm³/mol. The summed E-state index contributed by atoms with van der Waals surface area (Å²) in [6.45, 7) is 1.92. The molecule has 0 bridgehead atoms. The van der Waals surface area contributed by atoms with Gasteiger partial charge in [-0.05, 0) is 40.5 Å². The summed E-state index contributed by atoms with van der Waals surface area (Å²) in [5.41, 5.74) is 7.48. The summed E-state index contributed by atoms with van der Waals surface area (Å²) in [4.78, 5) is 0. The third-order valence-corrected chi connectivity index (χ3v) is 3.97. The SMILES string of the molecule is Cc1cccc(Oc2cc(Cl)c(Br)cc2Cl)c1N. The molecule has 2 nitrogen and oxygen atoms in total. The fraction of sp³-hybridized carbons (Fsp3) is 0.0769. The molecule has 0 aromatic heterocycles. The van der Waals surface area contributed by atoms with E-state index in [2.05, 4.69) is 15.9 Å². The number of rotatable bonds is 2. The number of anilines is 1. The molecule has 0 saturated carbocycles. The molecule has 5 heteroatoms. The molecule has 0 unspecified atom stereocenters. The lowest BCUT2D eigenvalue weighted by Gasteiger charge is -2.12. The van der Waals surface area contributed by atoms with Gasteiger partial charge in [-0.25, -0.2) is 0 Å². The van der Waals surface area contributed by atoms with Crippen molar-refractivity contribution in [2.24, 2.45) is 0 Å². The Balaban J connectivity index is 2.40. The van der Waals surface area contributed by atoms with Crippen LogP contribution in [0.1, 0.15) is 5.56 Å². The van der Waals surface area contributed by atoms with E-state index in [-0.39, 0.29) is 0 Å². The number of benzene rings is 2. The first-order chi connectivity index (χ1) is 8.49. The topological polar surface area (TPSA) is 35.2 Å². The van der Waals surface area contributed by atoms with Crippen LogP contribution in [0, 0.1) is 6.92 Å². The monoisotopic (exact) mass is 345 g/mol. The minimum atomic E-state index is 0.465. The highest BCUT2D eigenvalue weighted by molar-refractivity contribution is 9.10. The van der Waals surface area contributed by atoms with Gasteiger partial charge in [-0.15, -0.1) is 0 Å². The summed E-state index contributed by atoms with van der Waals surface area (Å²) in [6, 6.07) is 8.91. The molecule has 2 aromatic carbocycles. The van der Waals surface area contributed by atoms with Crippen molar-refractivity contribution in [1.82, 2.24) is 0 Å². The molecular weight excluding hydrogens is 337 g/mol. The van der Waals surface area contributed by atoms with Crippen LogP contribution in [0.4, 0.5) is 5.69 Å². The second-order valence-electron chi connectivity index (χ2n) is 3.79. The van der Waals surface area contributed by atoms with Crippen LogP contribution in [0.2, 0.25) is 10.0 Å². The van der Waals surface area contributed by atoms with Crippen molar-refractivity contribution >= 4 is 44.8 Å². The molecule has 0 spiro atoms. The number of ether oxygens (including phenoxy) is 1. The van der Waals surface area contributed by atoms with Crippen LogP contribution >= 0.6 is 39.1 Å². The highest BCUT2D eigenvalue weighted by Gasteiger charge is 2.10. The van der Waals surface area contributed by atoms with Crippen LogP contribution in [0.3, 0.4) is 0 Å². The number of nitrogen functional groups attached to an aromatic ring is 1. The van der Waals surface area contributed by atoms with Crippen molar-refractivity contribution in [3.8, 4) is 11.5 Å². The second-order valence-corrected chi connectivity index (χ2v) is 5.45. The third kappa shape index (κ3) is 2.74. The fourth-order valence-electron chi connectivity index (χ4n) is 1.44. The molecular formula is C13H10BrCl2NO. The zero-order valence-electron chi connectivity index (χ0n) is 9.51. The van der Waals surface area contributed by atoms with E-state index < -0.39 is 0 Å². The van der Waals surface area contributed by atoms with Gasteiger partial charge in [0.25, 0.3) is 0 Å². The lowest BCUT2D eigenvalue weighted by molar-refractivity contribution is 0.485. The average molecular weight is 347 g/mol. The molecule has 0 atom stereocenters. The zero-order valence-corrected chi connectivity index (χ0v) is 12.6. The Morgan fingerprint density at radius 2 is 1.83 bits per heavy atom. The lowest BCUT2D eigenvalue weighted by atomic mass is 10.2. The van der Waals surface area contributed by atoms with Crippen molar-refractivity contribution in [3.05, 3.63) is 50.4 Å². The van der Waals surface area contributed by atoms with Crippen LogP contribution in [0.15, 0.2) is 34.8 Å². The fourth-order valence-corrected chi connectivity index (χ4v) is 2.27. The van der Waals surface area contributed by atoms with E-state index in [9.17, 15) is 0 Å². The Bertz CT molecular complexity index is 602. The minimum Gasteiger partial charge on any atom is -0.454 e. The Kier molecular flexibility index (Phi) is 4.05. The third-order valence-electron chi connectivity index (χ3n) is 2.48. The quantitative estimate of drug-likeness (QED) is 0.580. The van der Waals surface area contributed by atoms with E-state index in [4.69, 9.17) is 33.7 Å². The van der Waals surface area contributed by atoms with E-state index in [1.165, 1.54) is 0 Å². The van der Waals surface area contributed by atoms with Gasteiger partial charge in [0.15, 0.2) is 5.75 Å². The van der Waals surface area contributed by atoms with Crippen LogP contribution in [-0.2, 0) is 0 Å². The van der Waals surface area contributed by atoms with Crippen LogP contribution in [-0.4, -0.2) is 0 Å². The standard InChI is InChI=1S/C13H10BrCl2NO/c1-7-3-2-4-11(13(7)17)18-12-6-9(15)8(14)5-10(12)16/h2-6H,17H2,1H3. The van der Waals surface area contributed by atoms with Gasteiger partial charge in [0.1, 0.15) is 5.75 Å². The first kappa shape index (κ1) is 13.5. The van der Waals surface area contributed by atoms with E-state index in [1.54, 1.807) is 18.2 Å². The van der Waals surface area contributed by atoms with Crippen molar-refractivity contribution in [2.45, 2.75) is 6.92 Å². The van der Waals surface area contributed by atoms with Crippen molar-refractivity contribution in [1.29, 1.82) is 0 Å². The summed E-state index contributed by atoms with van der Waals surface area (Å²) in [5.74, 6) is 1.04. The smallest absolute Gasteiger partial charge is 0.150 e. The van der Waals surface area contributed by atoms with Crippen molar-refractivity contribution < 1.29 is 4.74 Å². The van der Waals surface area contributed by atoms with Crippen LogP contribution < -0.4 is 10.5 Å². The number of para-hydroxylation sites is 1. The number of nitrogens with two attached hydrogens (primary N) is 1. The van der Waals surface area contributed by atoms with E-state index in [1.807, 2.05) is 19.1 Å². The van der Waals surface area contributed by atoms with Gasteiger partial charge in [0.2, 0.25) is 0 Å². The molecule has 2 N–H and O–H groups in total. The molecule has 0 heterocycles. The molecule has 94 valence electrons. The Morgan fingerprint density at radius 1 is 1.11 bits per heavy atom. The Labute approximate surface area is 124 Å². The van der Waals surface area contributed by atoms with E-state index in [0.717, 1.165) is 10.0 Å². The molecule has 0 aliphatic rings. The number of hydrogen-bond acceptors (Lipinski definition) is 2. The zero-order chi connectivity index (χ0) is 13.3. The molecule has 0 fully saturated rings. The van der Waals surface area contributed by atoms with Crippen molar-refractivity contribution in [2.75, 3.05) is 5.73 Å². The second kappa shape index (κ2) is 5.39. The van der Waals surface area contributed by atoms with Gasteiger partial charge < -0.3 is 10.5 Å². The number of aryl methyl sites for hydroxylation is 1. The summed E-state index contributed by atoms with van der Waals surface area (Å²) in [5, 5.41) is 0.993. The first-order valence-corrected chi connectivity index (χ1v) is 6.71. The molecule has 0 aliphatic heterocycles. The lowest BCUT2D eigenvalue weighted by Crippen LogP contribution is -1.95. The summed E-state index contributed by atoms with van der Waals surface area (Å²) in [6.07, 6.45) is 0. The maximum Gasteiger partial charge on any atom is 0.150 e. The van der Waals surface area contributed by atoms with Gasteiger partial charge in [0.05, 0.1) is 15.7 Å². The minimum absolute atomic E-state index is 0.465. The Hall–Kier alpha value is -0.900. The van der Waals surface area contributed by atoms with Gasteiger partial charge >= 0.3 is 0 Å². The molecule has 2 rings (SSSR count). The summed E-state index contributed by atoms with van der Waals surface area (Å²) >= 11 is 15.4. The van der Waals surface area contributed by atoms with Gasteiger partial charge in [-0.1, -0.05) is 35.3 Å². The maximum atomic E-state index is 6.09. The average Bonchev–Trinajstić information content (AvgIpc) is 2.32. The summed E-state index contributed by atoms with van der Waals surface area (Å²) in [7, 11) is 0. The molecule has 2 aromatic rings. The molecule has 0 saturated heterocycles. The number of hydrogen-bond donors (Lipinski definition) is 1. The summed E-state index contributed by atoms with van der Waals surface area (Å²) < 4.78 is 6.42.